The van der Waals surface area contributed by atoms with Crippen molar-refractivity contribution in [1.82, 2.24) is 5.32 Å². The number of rotatable bonds is 4. The minimum atomic E-state index is -0.383. The molecule has 0 saturated carbocycles. The Labute approximate surface area is 94.2 Å². The number of hydrogen-bond acceptors (Lipinski definition) is 4. The summed E-state index contributed by atoms with van der Waals surface area (Å²) >= 11 is 1.67. The molecule has 1 aromatic carbocycles. The van der Waals surface area contributed by atoms with Crippen LogP contribution in [0.1, 0.15) is 11.6 Å². The van der Waals surface area contributed by atoms with Crippen molar-refractivity contribution in [2.24, 2.45) is 0 Å². The maximum absolute atomic E-state index is 11.4. The molecule has 1 rings (SSSR count). The zero-order chi connectivity index (χ0) is 11.3. The summed E-state index contributed by atoms with van der Waals surface area (Å²) in [4.78, 5) is 12.6. The number of carbonyl (C=O) groups is 1. The van der Waals surface area contributed by atoms with Crippen LogP contribution in [-0.4, -0.2) is 26.4 Å². The second-order valence-corrected chi connectivity index (χ2v) is 3.90. The Morgan fingerprint density at radius 3 is 2.40 bits per heavy atom. The average molecular weight is 225 g/mol. The Bertz CT molecular complexity index is 324. The number of nitrogens with one attached hydrogen (secondary N) is 1. The minimum absolute atomic E-state index is 0.269. The third-order valence-corrected chi connectivity index (χ3v) is 2.92. The first-order valence-electron chi connectivity index (χ1n) is 4.62. The summed E-state index contributed by atoms with van der Waals surface area (Å²) < 4.78 is 4.71. The van der Waals surface area contributed by atoms with Crippen LogP contribution in [0.2, 0.25) is 0 Å². The number of methoxy groups -OCH3 is 1. The summed E-state index contributed by atoms with van der Waals surface area (Å²) in [5, 5.41) is 2.93. The highest BCUT2D eigenvalue weighted by molar-refractivity contribution is 7.98. The zero-order valence-corrected chi connectivity index (χ0v) is 9.93. The minimum Gasteiger partial charge on any atom is -0.468 e. The highest BCUT2D eigenvalue weighted by Gasteiger charge is 2.18. The van der Waals surface area contributed by atoms with Crippen molar-refractivity contribution in [3.63, 3.8) is 0 Å². The van der Waals surface area contributed by atoms with E-state index in [0.717, 1.165) is 5.56 Å². The van der Waals surface area contributed by atoms with E-state index in [1.807, 2.05) is 30.5 Å². The van der Waals surface area contributed by atoms with Crippen molar-refractivity contribution in [3.8, 4) is 0 Å². The zero-order valence-electron chi connectivity index (χ0n) is 9.11. The first-order valence-corrected chi connectivity index (χ1v) is 5.84. The summed E-state index contributed by atoms with van der Waals surface area (Å²) in [5.74, 6) is -0.269. The molecule has 0 aliphatic heterocycles. The Morgan fingerprint density at radius 1 is 1.40 bits per heavy atom. The molecule has 4 heteroatoms. The fraction of sp³-hybridized carbons (Fsp3) is 0.364. The van der Waals surface area contributed by atoms with E-state index in [0.29, 0.717) is 0 Å². The van der Waals surface area contributed by atoms with Crippen LogP contribution >= 0.6 is 11.8 Å². The number of benzene rings is 1. The predicted molar refractivity (Wildman–Crippen MR) is 62.0 cm³/mol. The molecule has 3 nitrogen and oxygen atoms in total. The number of esters is 1. The summed E-state index contributed by atoms with van der Waals surface area (Å²) in [7, 11) is 3.13. The first kappa shape index (κ1) is 12.1. The molecule has 0 aliphatic rings. The maximum atomic E-state index is 11.4. The molecule has 0 spiro atoms. The van der Waals surface area contributed by atoms with Gasteiger partial charge in [-0.3, -0.25) is 0 Å². The third kappa shape index (κ3) is 2.97. The Hall–Kier alpha value is -1.00. The molecule has 1 aromatic rings. The number of thioether (sulfide) groups is 1. The molecule has 0 aromatic heterocycles. The van der Waals surface area contributed by atoms with Crippen molar-refractivity contribution >= 4 is 17.7 Å². The van der Waals surface area contributed by atoms with Crippen LogP contribution in [-0.2, 0) is 9.53 Å². The van der Waals surface area contributed by atoms with Gasteiger partial charge < -0.3 is 10.1 Å². The number of hydrogen-bond donors (Lipinski definition) is 1. The van der Waals surface area contributed by atoms with Crippen LogP contribution in [0.15, 0.2) is 29.2 Å². The average Bonchev–Trinajstić information content (AvgIpc) is 2.30. The van der Waals surface area contributed by atoms with Crippen LogP contribution in [0.5, 0.6) is 0 Å². The van der Waals surface area contributed by atoms with Gasteiger partial charge >= 0.3 is 5.97 Å². The lowest BCUT2D eigenvalue weighted by Crippen LogP contribution is -2.26. The maximum Gasteiger partial charge on any atom is 0.327 e. The van der Waals surface area contributed by atoms with Gasteiger partial charge in [0.1, 0.15) is 6.04 Å². The quantitative estimate of drug-likeness (QED) is 0.627. The molecule has 0 amide bonds. The van der Waals surface area contributed by atoms with Crippen LogP contribution < -0.4 is 5.32 Å². The lowest BCUT2D eigenvalue weighted by Gasteiger charge is -2.13. The van der Waals surface area contributed by atoms with E-state index in [9.17, 15) is 4.79 Å². The summed E-state index contributed by atoms with van der Waals surface area (Å²) in [5.41, 5.74) is 0.919. The first-order chi connectivity index (χ1) is 7.22. The molecule has 1 unspecified atom stereocenters. The van der Waals surface area contributed by atoms with E-state index in [-0.39, 0.29) is 12.0 Å². The Kier molecular flexibility index (Phi) is 4.65. The molecule has 0 aliphatic carbocycles. The van der Waals surface area contributed by atoms with Gasteiger partial charge in [0.05, 0.1) is 7.11 Å². The fourth-order valence-corrected chi connectivity index (χ4v) is 1.74. The lowest BCUT2D eigenvalue weighted by molar-refractivity contribution is -0.143. The smallest absolute Gasteiger partial charge is 0.327 e. The van der Waals surface area contributed by atoms with E-state index in [1.165, 1.54) is 12.0 Å². The van der Waals surface area contributed by atoms with Crippen LogP contribution in [0, 0.1) is 0 Å². The molecule has 0 saturated heterocycles. The molecule has 15 heavy (non-hydrogen) atoms. The van der Waals surface area contributed by atoms with Gasteiger partial charge in [0.15, 0.2) is 0 Å². The van der Waals surface area contributed by atoms with Crippen molar-refractivity contribution in [2.75, 3.05) is 20.4 Å². The van der Waals surface area contributed by atoms with Gasteiger partial charge in [-0.15, -0.1) is 11.8 Å². The molecule has 0 fully saturated rings. The van der Waals surface area contributed by atoms with Gasteiger partial charge in [0.25, 0.3) is 0 Å². The topological polar surface area (TPSA) is 38.3 Å². The predicted octanol–water partition coefficient (Wildman–Crippen LogP) is 1.84. The van der Waals surface area contributed by atoms with E-state index in [2.05, 4.69) is 5.32 Å². The summed E-state index contributed by atoms with van der Waals surface area (Å²) in [6.45, 7) is 0. The van der Waals surface area contributed by atoms with Crippen LogP contribution in [0.25, 0.3) is 0 Å². The van der Waals surface area contributed by atoms with Gasteiger partial charge in [0.2, 0.25) is 0 Å². The van der Waals surface area contributed by atoms with Crippen molar-refractivity contribution in [1.29, 1.82) is 0 Å². The van der Waals surface area contributed by atoms with Crippen molar-refractivity contribution in [2.45, 2.75) is 10.9 Å². The molecule has 1 atom stereocenters. The van der Waals surface area contributed by atoms with Crippen LogP contribution in [0.4, 0.5) is 0 Å². The second-order valence-electron chi connectivity index (χ2n) is 3.02. The fourth-order valence-electron chi connectivity index (χ4n) is 1.33. The Morgan fingerprint density at radius 2 is 2.00 bits per heavy atom. The van der Waals surface area contributed by atoms with Gasteiger partial charge in [-0.1, -0.05) is 12.1 Å². The molecule has 82 valence electrons. The Balaban J connectivity index is 2.87. The third-order valence-electron chi connectivity index (χ3n) is 2.17. The largest absolute Gasteiger partial charge is 0.468 e. The van der Waals surface area contributed by atoms with Crippen molar-refractivity contribution in [3.05, 3.63) is 29.8 Å². The van der Waals surface area contributed by atoms with E-state index in [4.69, 9.17) is 4.74 Å². The van der Waals surface area contributed by atoms with Gasteiger partial charge in [-0.05, 0) is 31.0 Å². The lowest BCUT2D eigenvalue weighted by atomic mass is 10.1. The molecule has 1 N–H and O–H groups in total. The number of likely N-dealkylation sites (N-methyl/N-ethyl adjacent to an activating group) is 1. The highest BCUT2D eigenvalue weighted by Crippen LogP contribution is 2.19. The van der Waals surface area contributed by atoms with Crippen LogP contribution in [0.3, 0.4) is 0 Å². The standard InChI is InChI=1S/C11H15NO2S/c1-12-10(11(13)14-2)8-4-6-9(15-3)7-5-8/h4-7,10,12H,1-3H3. The molecular weight excluding hydrogens is 210 g/mol. The van der Waals surface area contributed by atoms with Gasteiger partial charge in [-0.2, -0.15) is 0 Å². The van der Waals surface area contributed by atoms with Gasteiger partial charge in [-0.25, -0.2) is 4.79 Å². The van der Waals surface area contributed by atoms with Gasteiger partial charge in [0, 0.05) is 4.90 Å². The molecular formula is C11H15NO2S. The summed E-state index contributed by atoms with van der Waals surface area (Å²) in [6, 6.07) is 7.47. The van der Waals surface area contributed by atoms with E-state index < -0.39 is 0 Å². The normalized spacial score (nSPS) is 12.2. The molecule has 0 heterocycles. The van der Waals surface area contributed by atoms with Crippen molar-refractivity contribution < 1.29 is 9.53 Å². The monoisotopic (exact) mass is 225 g/mol. The SMILES string of the molecule is CNC(C(=O)OC)c1ccc(SC)cc1. The molecule has 0 radical (unpaired) electrons. The summed E-state index contributed by atoms with van der Waals surface area (Å²) in [6.07, 6.45) is 2.02. The number of carbonyl (C=O) groups excluding carboxylic acids is 1. The second kappa shape index (κ2) is 5.78. The molecule has 0 bridgehead atoms. The highest BCUT2D eigenvalue weighted by atomic mass is 32.2. The van der Waals surface area contributed by atoms with E-state index >= 15 is 0 Å². The van der Waals surface area contributed by atoms with E-state index in [1.54, 1.807) is 18.8 Å². The number of ether oxygens (including phenoxy) is 1.